The molecule has 0 aliphatic rings. The normalized spacial score (nSPS) is 10.3. The average Bonchev–Trinajstić information content (AvgIpc) is 2.43. The van der Waals surface area contributed by atoms with Crippen LogP contribution in [0.25, 0.3) is 5.69 Å². The lowest BCUT2D eigenvalue weighted by molar-refractivity contribution is -0.384. The van der Waals surface area contributed by atoms with Gasteiger partial charge >= 0.3 is 11.4 Å². The van der Waals surface area contributed by atoms with Crippen molar-refractivity contribution in [3.63, 3.8) is 0 Å². The van der Waals surface area contributed by atoms with Crippen LogP contribution in [0.3, 0.4) is 0 Å². The van der Waals surface area contributed by atoms with Crippen LogP contribution in [0.15, 0.2) is 33.9 Å². The van der Waals surface area contributed by atoms with Crippen molar-refractivity contribution in [2.45, 2.75) is 0 Å². The number of hydrogen-bond acceptors (Lipinski definition) is 6. The minimum absolute atomic E-state index is 0.0972. The third kappa shape index (κ3) is 2.16. The highest BCUT2D eigenvalue weighted by atomic mass is 16.6. The molecule has 0 radical (unpaired) electrons. The van der Waals surface area contributed by atoms with Gasteiger partial charge in [0.15, 0.2) is 0 Å². The van der Waals surface area contributed by atoms with Crippen LogP contribution in [0.2, 0.25) is 0 Å². The van der Waals surface area contributed by atoms with Gasteiger partial charge in [-0.05, 0) is 6.07 Å². The van der Waals surface area contributed by atoms with Crippen LogP contribution in [0.4, 0.5) is 11.6 Å². The zero-order valence-electron chi connectivity index (χ0n) is 10.7. The number of rotatable bonds is 3. The highest BCUT2D eigenvalue weighted by molar-refractivity contribution is 5.43. The summed E-state index contributed by atoms with van der Waals surface area (Å²) in [5.74, 6) is 0.113. The Balaban J connectivity index is 2.74. The molecule has 104 valence electrons. The summed E-state index contributed by atoms with van der Waals surface area (Å²) in [5, 5.41) is 13.3. The summed E-state index contributed by atoms with van der Waals surface area (Å²) in [6, 6.07) is 5.24. The molecule has 9 nitrogen and oxygen atoms in total. The van der Waals surface area contributed by atoms with Gasteiger partial charge in [0.2, 0.25) is 5.95 Å². The zero-order chi connectivity index (χ0) is 14.9. The highest BCUT2D eigenvalue weighted by Crippen LogP contribution is 2.14. The maximum Gasteiger partial charge on any atom is 0.359 e. The Morgan fingerprint density at radius 3 is 2.65 bits per heavy atom. The van der Waals surface area contributed by atoms with E-state index in [-0.39, 0.29) is 17.3 Å². The average molecular weight is 277 g/mol. The molecule has 0 aliphatic carbocycles. The summed E-state index contributed by atoms with van der Waals surface area (Å²) in [4.78, 5) is 37.8. The maximum atomic E-state index is 12.1. The fraction of sp³-hybridized carbons (Fsp3) is 0.182. The van der Waals surface area contributed by atoms with E-state index in [4.69, 9.17) is 0 Å². The van der Waals surface area contributed by atoms with Crippen molar-refractivity contribution in [2.24, 2.45) is 7.05 Å². The van der Waals surface area contributed by atoms with E-state index in [9.17, 15) is 19.7 Å². The van der Waals surface area contributed by atoms with Crippen molar-refractivity contribution in [1.29, 1.82) is 0 Å². The van der Waals surface area contributed by atoms with E-state index in [1.54, 1.807) is 0 Å². The molecule has 0 saturated heterocycles. The maximum absolute atomic E-state index is 12.1. The van der Waals surface area contributed by atoms with Gasteiger partial charge in [-0.15, -0.1) is 0 Å². The van der Waals surface area contributed by atoms with Crippen LogP contribution in [-0.4, -0.2) is 26.1 Å². The molecule has 0 amide bonds. The first-order chi connectivity index (χ1) is 9.45. The van der Waals surface area contributed by atoms with Crippen molar-refractivity contribution < 1.29 is 4.92 Å². The van der Waals surface area contributed by atoms with Crippen LogP contribution in [0, 0.1) is 10.1 Å². The topological polar surface area (TPSA) is 112 Å². The van der Waals surface area contributed by atoms with Gasteiger partial charge in [-0.3, -0.25) is 14.7 Å². The van der Waals surface area contributed by atoms with E-state index in [0.29, 0.717) is 0 Å². The van der Waals surface area contributed by atoms with E-state index in [1.807, 2.05) is 0 Å². The molecule has 0 bridgehead atoms. The fourth-order valence-corrected chi connectivity index (χ4v) is 1.73. The van der Waals surface area contributed by atoms with Crippen molar-refractivity contribution in [1.82, 2.24) is 14.1 Å². The Hall–Kier alpha value is -2.97. The Kier molecular flexibility index (Phi) is 3.34. The van der Waals surface area contributed by atoms with Crippen LogP contribution < -0.4 is 16.7 Å². The van der Waals surface area contributed by atoms with E-state index >= 15 is 0 Å². The Morgan fingerprint density at radius 1 is 1.35 bits per heavy atom. The predicted octanol–water partition coefficient (Wildman–Crippen LogP) is -0.119. The molecule has 20 heavy (non-hydrogen) atoms. The quantitative estimate of drug-likeness (QED) is 0.618. The van der Waals surface area contributed by atoms with Crippen LogP contribution >= 0.6 is 0 Å². The van der Waals surface area contributed by atoms with Crippen LogP contribution in [0.1, 0.15) is 0 Å². The Morgan fingerprint density at radius 2 is 2.05 bits per heavy atom. The second kappa shape index (κ2) is 4.96. The van der Waals surface area contributed by atoms with Crippen molar-refractivity contribution >= 4 is 11.6 Å². The zero-order valence-corrected chi connectivity index (χ0v) is 10.7. The number of non-ortho nitro benzene ring substituents is 1. The third-order valence-corrected chi connectivity index (χ3v) is 2.71. The molecule has 2 aromatic rings. The third-order valence-electron chi connectivity index (χ3n) is 2.71. The molecular weight excluding hydrogens is 266 g/mol. The van der Waals surface area contributed by atoms with Gasteiger partial charge in [0.25, 0.3) is 5.69 Å². The number of nitrogens with one attached hydrogen (secondary N) is 1. The number of benzene rings is 1. The lowest BCUT2D eigenvalue weighted by Gasteiger charge is -2.09. The molecule has 1 N–H and O–H groups in total. The van der Waals surface area contributed by atoms with Gasteiger partial charge in [0.05, 0.1) is 10.6 Å². The first-order valence-electron chi connectivity index (χ1n) is 5.58. The smallest absolute Gasteiger partial charge is 0.358 e. The lowest BCUT2D eigenvalue weighted by Crippen LogP contribution is -2.40. The number of nitro groups is 1. The molecule has 0 saturated carbocycles. The fourth-order valence-electron chi connectivity index (χ4n) is 1.73. The molecule has 0 unspecified atom stereocenters. The Bertz CT molecular complexity index is 792. The number of hydrogen-bond donors (Lipinski definition) is 1. The Labute approximate surface area is 112 Å². The van der Waals surface area contributed by atoms with Gasteiger partial charge in [-0.25, -0.2) is 14.2 Å². The predicted molar refractivity (Wildman–Crippen MR) is 71.3 cm³/mol. The monoisotopic (exact) mass is 277 g/mol. The first kappa shape index (κ1) is 13.5. The molecule has 0 aliphatic heterocycles. The van der Waals surface area contributed by atoms with Gasteiger partial charge in [0.1, 0.15) is 0 Å². The van der Waals surface area contributed by atoms with Gasteiger partial charge < -0.3 is 5.32 Å². The molecule has 1 aromatic heterocycles. The standard InChI is InChI=1S/C11H11N5O4/c1-12-9-13-10(17)15(11(18)14(9)2)7-4-3-5-8(6-7)16(19)20/h3-6H,1-2H3,(H,12,13,17). The van der Waals surface area contributed by atoms with Crippen molar-refractivity contribution in [2.75, 3.05) is 12.4 Å². The van der Waals surface area contributed by atoms with E-state index < -0.39 is 16.3 Å². The summed E-state index contributed by atoms with van der Waals surface area (Å²) in [6.45, 7) is 0. The molecule has 9 heteroatoms. The van der Waals surface area contributed by atoms with Crippen LogP contribution in [-0.2, 0) is 7.05 Å². The second-order valence-electron chi connectivity index (χ2n) is 3.92. The van der Waals surface area contributed by atoms with Crippen molar-refractivity contribution in [3.05, 3.63) is 55.3 Å². The summed E-state index contributed by atoms with van der Waals surface area (Å²) in [6.07, 6.45) is 0. The molecular formula is C11H11N5O4. The number of aromatic nitrogens is 3. The van der Waals surface area contributed by atoms with Gasteiger partial charge in [-0.2, -0.15) is 4.98 Å². The number of anilines is 1. The summed E-state index contributed by atoms with van der Waals surface area (Å²) in [5.41, 5.74) is -1.57. The van der Waals surface area contributed by atoms with Gasteiger partial charge in [-0.1, -0.05) is 6.07 Å². The van der Waals surface area contributed by atoms with Gasteiger partial charge in [0, 0.05) is 26.2 Å². The molecule has 1 aromatic carbocycles. The second-order valence-corrected chi connectivity index (χ2v) is 3.92. The van der Waals surface area contributed by atoms with E-state index in [2.05, 4.69) is 10.3 Å². The van der Waals surface area contributed by atoms with Crippen LogP contribution in [0.5, 0.6) is 0 Å². The highest BCUT2D eigenvalue weighted by Gasteiger charge is 2.13. The largest absolute Gasteiger partial charge is 0.359 e. The SMILES string of the molecule is CNc1nc(=O)n(-c2cccc([N+](=O)[O-])c2)c(=O)n1C. The summed E-state index contributed by atoms with van der Waals surface area (Å²) >= 11 is 0. The lowest BCUT2D eigenvalue weighted by atomic mass is 10.3. The first-order valence-corrected chi connectivity index (χ1v) is 5.58. The molecule has 0 spiro atoms. The molecule has 2 rings (SSSR count). The minimum atomic E-state index is -0.807. The molecule has 0 fully saturated rings. The molecule has 1 heterocycles. The molecule has 0 atom stereocenters. The number of nitro benzene ring substituents is 1. The summed E-state index contributed by atoms with van der Waals surface area (Å²) in [7, 11) is 2.97. The summed E-state index contributed by atoms with van der Waals surface area (Å²) < 4.78 is 1.91. The van der Waals surface area contributed by atoms with E-state index in [0.717, 1.165) is 15.2 Å². The van der Waals surface area contributed by atoms with Crippen molar-refractivity contribution in [3.8, 4) is 5.69 Å². The number of nitrogens with zero attached hydrogens (tertiary/aromatic N) is 4. The minimum Gasteiger partial charge on any atom is -0.358 e. The van der Waals surface area contributed by atoms with E-state index in [1.165, 1.54) is 32.3 Å².